The van der Waals surface area contributed by atoms with Gasteiger partial charge in [0, 0.05) is 24.3 Å². The highest BCUT2D eigenvalue weighted by Gasteiger charge is 2.27. The van der Waals surface area contributed by atoms with Crippen molar-refractivity contribution in [1.29, 1.82) is 0 Å². The lowest BCUT2D eigenvalue weighted by Gasteiger charge is -2.33. The number of carbonyl (C=O) groups excluding carboxylic acids is 1. The van der Waals surface area contributed by atoms with Crippen molar-refractivity contribution < 1.29 is 9.53 Å². The minimum absolute atomic E-state index is 0.0330. The molecule has 0 unspecified atom stereocenters. The zero-order chi connectivity index (χ0) is 16.1. The molecular formula is C17H29N3O2. The molecule has 1 amide bonds. The molecule has 124 valence electrons. The minimum Gasteiger partial charge on any atom is -0.375 e. The van der Waals surface area contributed by atoms with Crippen molar-refractivity contribution >= 4 is 5.91 Å². The van der Waals surface area contributed by atoms with Gasteiger partial charge >= 0.3 is 0 Å². The third-order valence-electron chi connectivity index (χ3n) is 4.40. The number of rotatable bonds is 6. The second-order valence-electron chi connectivity index (χ2n) is 6.60. The van der Waals surface area contributed by atoms with E-state index in [9.17, 15) is 4.79 Å². The van der Waals surface area contributed by atoms with Gasteiger partial charge in [-0.3, -0.25) is 9.89 Å². The Bertz CT molecular complexity index is 496. The molecule has 1 aliphatic heterocycles. The lowest BCUT2D eigenvalue weighted by Crippen LogP contribution is -2.45. The third-order valence-corrected chi connectivity index (χ3v) is 4.40. The van der Waals surface area contributed by atoms with Crippen molar-refractivity contribution in [2.24, 2.45) is 5.92 Å². The first-order valence-electron chi connectivity index (χ1n) is 8.47. The quantitative estimate of drug-likeness (QED) is 0.879. The van der Waals surface area contributed by atoms with Gasteiger partial charge < -0.3 is 9.64 Å². The Morgan fingerprint density at radius 3 is 2.91 bits per heavy atom. The molecular weight excluding hydrogens is 278 g/mol. The SMILES string of the molecule is CCc1[nH]nc(C(=O)N2CCO[C@H](CCCC(C)C)C2)c1C. The first-order chi connectivity index (χ1) is 10.5. The van der Waals surface area contributed by atoms with Crippen LogP contribution in [0.25, 0.3) is 0 Å². The summed E-state index contributed by atoms with van der Waals surface area (Å²) in [4.78, 5) is 14.6. The van der Waals surface area contributed by atoms with Crippen molar-refractivity contribution in [2.45, 2.75) is 59.5 Å². The van der Waals surface area contributed by atoms with Crippen LogP contribution >= 0.6 is 0 Å². The van der Waals surface area contributed by atoms with Gasteiger partial charge in [-0.15, -0.1) is 0 Å². The van der Waals surface area contributed by atoms with E-state index in [4.69, 9.17) is 4.74 Å². The summed E-state index contributed by atoms with van der Waals surface area (Å²) in [5, 5.41) is 7.19. The maximum Gasteiger partial charge on any atom is 0.274 e. The fourth-order valence-electron chi connectivity index (χ4n) is 2.97. The van der Waals surface area contributed by atoms with Gasteiger partial charge in [-0.1, -0.05) is 33.6 Å². The van der Waals surface area contributed by atoms with Gasteiger partial charge in [-0.25, -0.2) is 0 Å². The predicted molar refractivity (Wildman–Crippen MR) is 87.0 cm³/mol. The van der Waals surface area contributed by atoms with Gasteiger partial charge in [0.2, 0.25) is 0 Å². The van der Waals surface area contributed by atoms with E-state index in [1.54, 1.807) is 0 Å². The summed E-state index contributed by atoms with van der Waals surface area (Å²) in [5.41, 5.74) is 2.60. The normalized spacial score (nSPS) is 19.0. The fourth-order valence-corrected chi connectivity index (χ4v) is 2.97. The first kappa shape index (κ1) is 17.0. The van der Waals surface area contributed by atoms with Crippen molar-refractivity contribution in [3.8, 4) is 0 Å². The summed E-state index contributed by atoms with van der Waals surface area (Å²) >= 11 is 0. The zero-order valence-electron chi connectivity index (χ0n) is 14.3. The van der Waals surface area contributed by atoms with Crippen LogP contribution in [0.5, 0.6) is 0 Å². The molecule has 5 nitrogen and oxygen atoms in total. The maximum atomic E-state index is 12.7. The fraction of sp³-hybridized carbons (Fsp3) is 0.765. The smallest absolute Gasteiger partial charge is 0.274 e. The van der Waals surface area contributed by atoms with Gasteiger partial charge in [0.1, 0.15) is 0 Å². The maximum absolute atomic E-state index is 12.7. The van der Waals surface area contributed by atoms with Crippen molar-refractivity contribution in [3.05, 3.63) is 17.0 Å². The van der Waals surface area contributed by atoms with Gasteiger partial charge in [0.05, 0.1) is 12.7 Å². The van der Waals surface area contributed by atoms with E-state index in [2.05, 4.69) is 31.0 Å². The van der Waals surface area contributed by atoms with Crippen molar-refractivity contribution in [2.75, 3.05) is 19.7 Å². The molecule has 2 heterocycles. The largest absolute Gasteiger partial charge is 0.375 e. The summed E-state index contributed by atoms with van der Waals surface area (Å²) < 4.78 is 5.81. The topological polar surface area (TPSA) is 58.2 Å². The van der Waals surface area contributed by atoms with Crippen LogP contribution in [0.15, 0.2) is 0 Å². The van der Waals surface area contributed by atoms with E-state index >= 15 is 0 Å². The van der Waals surface area contributed by atoms with Crippen LogP contribution in [-0.2, 0) is 11.2 Å². The Balaban J connectivity index is 1.93. The van der Waals surface area contributed by atoms with Crippen LogP contribution in [0.3, 0.4) is 0 Å². The molecule has 1 N–H and O–H groups in total. The van der Waals surface area contributed by atoms with E-state index in [-0.39, 0.29) is 12.0 Å². The number of carbonyl (C=O) groups is 1. The summed E-state index contributed by atoms with van der Waals surface area (Å²) in [7, 11) is 0. The Morgan fingerprint density at radius 2 is 2.27 bits per heavy atom. The molecule has 1 aliphatic rings. The van der Waals surface area contributed by atoms with E-state index in [1.807, 2.05) is 11.8 Å². The second kappa shape index (κ2) is 7.77. The number of hydrogen-bond donors (Lipinski definition) is 1. The molecule has 1 fully saturated rings. The van der Waals surface area contributed by atoms with Crippen LogP contribution in [0.4, 0.5) is 0 Å². The summed E-state index contributed by atoms with van der Waals surface area (Å²) in [6, 6.07) is 0. The number of H-pyrrole nitrogens is 1. The standard InChI is InChI=1S/C17H29N3O2/c1-5-15-13(4)16(19-18-15)17(21)20-9-10-22-14(11-20)8-6-7-12(2)3/h12,14H,5-11H2,1-4H3,(H,18,19)/t14-/m1/s1. The molecule has 1 atom stereocenters. The number of morpholine rings is 1. The van der Waals surface area contributed by atoms with Crippen LogP contribution in [-0.4, -0.2) is 46.8 Å². The van der Waals surface area contributed by atoms with Gasteiger partial charge in [0.25, 0.3) is 5.91 Å². The lowest BCUT2D eigenvalue weighted by molar-refractivity contribution is -0.0262. The number of amides is 1. The van der Waals surface area contributed by atoms with Crippen LogP contribution in [0.1, 0.15) is 61.8 Å². The van der Waals surface area contributed by atoms with E-state index in [0.29, 0.717) is 25.4 Å². The van der Waals surface area contributed by atoms with Crippen LogP contribution < -0.4 is 0 Å². The Labute approximate surface area is 133 Å². The molecule has 0 saturated carbocycles. The number of hydrogen-bond acceptors (Lipinski definition) is 3. The second-order valence-corrected chi connectivity index (χ2v) is 6.60. The first-order valence-corrected chi connectivity index (χ1v) is 8.47. The van der Waals surface area contributed by atoms with Gasteiger partial charge in [-0.05, 0) is 25.7 Å². The highest BCUT2D eigenvalue weighted by Crippen LogP contribution is 2.18. The monoisotopic (exact) mass is 307 g/mol. The Morgan fingerprint density at radius 1 is 1.50 bits per heavy atom. The molecule has 1 saturated heterocycles. The van der Waals surface area contributed by atoms with E-state index in [0.717, 1.165) is 36.4 Å². The number of aromatic amines is 1. The third kappa shape index (κ3) is 4.09. The number of aryl methyl sites for hydroxylation is 1. The average Bonchev–Trinajstić information content (AvgIpc) is 2.87. The number of nitrogens with one attached hydrogen (secondary N) is 1. The summed E-state index contributed by atoms with van der Waals surface area (Å²) in [6.45, 7) is 10.5. The highest BCUT2D eigenvalue weighted by atomic mass is 16.5. The molecule has 0 radical (unpaired) electrons. The zero-order valence-corrected chi connectivity index (χ0v) is 14.3. The van der Waals surface area contributed by atoms with E-state index in [1.165, 1.54) is 6.42 Å². The molecule has 2 rings (SSSR count). The van der Waals surface area contributed by atoms with Crippen molar-refractivity contribution in [3.63, 3.8) is 0 Å². The number of ether oxygens (including phenoxy) is 1. The van der Waals surface area contributed by atoms with Crippen molar-refractivity contribution in [1.82, 2.24) is 15.1 Å². The molecule has 0 bridgehead atoms. The lowest BCUT2D eigenvalue weighted by atomic mass is 10.0. The molecule has 0 spiro atoms. The Kier molecular flexibility index (Phi) is 6.00. The van der Waals surface area contributed by atoms with E-state index < -0.39 is 0 Å². The van der Waals surface area contributed by atoms with Gasteiger partial charge in [-0.2, -0.15) is 5.10 Å². The number of nitrogens with zero attached hydrogens (tertiary/aromatic N) is 2. The average molecular weight is 307 g/mol. The molecule has 1 aromatic rings. The molecule has 0 aliphatic carbocycles. The molecule has 0 aromatic carbocycles. The molecule has 5 heteroatoms. The van der Waals surface area contributed by atoms with Crippen LogP contribution in [0, 0.1) is 12.8 Å². The number of aromatic nitrogens is 2. The summed E-state index contributed by atoms with van der Waals surface area (Å²) in [5.74, 6) is 0.756. The highest BCUT2D eigenvalue weighted by molar-refractivity contribution is 5.94. The molecule has 22 heavy (non-hydrogen) atoms. The van der Waals surface area contributed by atoms with Crippen LogP contribution in [0.2, 0.25) is 0 Å². The predicted octanol–water partition coefficient (Wildman–Crippen LogP) is 2.95. The molecule has 1 aromatic heterocycles. The minimum atomic E-state index is 0.0330. The van der Waals surface area contributed by atoms with Gasteiger partial charge in [0.15, 0.2) is 5.69 Å². The summed E-state index contributed by atoms with van der Waals surface area (Å²) in [6.07, 6.45) is 4.44. The Hall–Kier alpha value is -1.36.